The zero-order valence-corrected chi connectivity index (χ0v) is 16.6. The lowest BCUT2D eigenvalue weighted by Crippen LogP contribution is -2.39. The van der Waals surface area contributed by atoms with Gasteiger partial charge in [0.15, 0.2) is 5.96 Å². The minimum Gasteiger partial charge on any atom is -0.382 e. The van der Waals surface area contributed by atoms with Crippen molar-refractivity contribution in [3.05, 3.63) is 17.0 Å². The third-order valence-electron chi connectivity index (χ3n) is 3.34. The SMILES string of the molecule is CCOCCCNC(=NC)NCC(C)c1c(C)noc1C.I. The number of nitrogens with zero attached hydrogens (tertiary/aromatic N) is 2. The number of hydrogen-bond donors (Lipinski definition) is 2. The number of ether oxygens (including phenoxy) is 1. The van der Waals surface area contributed by atoms with E-state index in [1.807, 2.05) is 20.8 Å². The van der Waals surface area contributed by atoms with Gasteiger partial charge in [0.25, 0.3) is 0 Å². The molecule has 0 bridgehead atoms. The minimum absolute atomic E-state index is 0. The molecule has 0 fully saturated rings. The van der Waals surface area contributed by atoms with Gasteiger partial charge in [0.1, 0.15) is 5.76 Å². The van der Waals surface area contributed by atoms with Crippen molar-refractivity contribution in [3.63, 3.8) is 0 Å². The number of rotatable bonds is 8. The van der Waals surface area contributed by atoms with E-state index in [9.17, 15) is 0 Å². The average Bonchev–Trinajstić information content (AvgIpc) is 2.81. The van der Waals surface area contributed by atoms with Crippen molar-refractivity contribution in [1.82, 2.24) is 15.8 Å². The van der Waals surface area contributed by atoms with Crippen molar-refractivity contribution in [2.75, 3.05) is 33.4 Å². The van der Waals surface area contributed by atoms with E-state index in [-0.39, 0.29) is 24.0 Å². The van der Waals surface area contributed by atoms with Gasteiger partial charge in [-0.25, -0.2) is 0 Å². The Morgan fingerprint density at radius 2 is 2.09 bits per heavy atom. The third kappa shape index (κ3) is 6.95. The van der Waals surface area contributed by atoms with E-state index < -0.39 is 0 Å². The molecule has 1 atom stereocenters. The Balaban J connectivity index is 0.00000441. The van der Waals surface area contributed by atoms with Crippen LogP contribution >= 0.6 is 24.0 Å². The first kappa shape index (κ1) is 21.2. The summed E-state index contributed by atoms with van der Waals surface area (Å²) in [5.74, 6) is 2.02. The Labute approximate surface area is 150 Å². The third-order valence-corrected chi connectivity index (χ3v) is 3.34. The number of aromatic nitrogens is 1. The van der Waals surface area contributed by atoms with E-state index in [0.717, 1.165) is 50.1 Å². The first-order valence-corrected chi connectivity index (χ1v) is 7.55. The summed E-state index contributed by atoms with van der Waals surface area (Å²) >= 11 is 0. The molecule has 1 rings (SSSR count). The van der Waals surface area contributed by atoms with Crippen LogP contribution in [-0.2, 0) is 4.74 Å². The molecule has 6 nitrogen and oxygen atoms in total. The van der Waals surface area contributed by atoms with Crippen LogP contribution in [-0.4, -0.2) is 44.5 Å². The standard InChI is InChI=1S/C15H28N4O2.HI/c1-6-20-9-7-8-17-15(16-5)18-10-11(2)14-12(3)19-21-13(14)4;/h11H,6-10H2,1-5H3,(H2,16,17,18);1H. The Morgan fingerprint density at radius 3 is 2.64 bits per heavy atom. The van der Waals surface area contributed by atoms with Gasteiger partial charge in [-0.05, 0) is 27.2 Å². The summed E-state index contributed by atoms with van der Waals surface area (Å²) in [6.07, 6.45) is 0.966. The molecule has 128 valence electrons. The molecule has 1 heterocycles. The highest BCUT2D eigenvalue weighted by Crippen LogP contribution is 2.22. The van der Waals surface area contributed by atoms with E-state index in [0.29, 0.717) is 5.92 Å². The van der Waals surface area contributed by atoms with Gasteiger partial charge in [-0.2, -0.15) is 0 Å². The smallest absolute Gasteiger partial charge is 0.190 e. The molecule has 1 unspecified atom stereocenters. The van der Waals surface area contributed by atoms with Crippen LogP contribution in [0.15, 0.2) is 9.52 Å². The first-order valence-electron chi connectivity index (χ1n) is 7.55. The molecule has 2 N–H and O–H groups in total. The van der Waals surface area contributed by atoms with E-state index in [1.54, 1.807) is 7.05 Å². The van der Waals surface area contributed by atoms with Crippen molar-refractivity contribution in [2.45, 2.75) is 40.0 Å². The fourth-order valence-electron chi connectivity index (χ4n) is 2.29. The highest BCUT2D eigenvalue weighted by molar-refractivity contribution is 14.0. The van der Waals surface area contributed by atoms with Gasteiger partial charge < -0.3 is 19.9 Å². The number of aliphatic imine (C=N–C) groups is 1. The van der Waals surface area contributed by atoms with Crippen LogP contribution in [0.4, 0.5) is 0 Å². The summed E-state index contributed by atoms with van der Waals surface area (Å²) in [6, 6.07) is 0. The topological polar surface area (TPSA) is 71.7 Å². The number of nitrogens with one attached hydrogen (secondary N) is 2. The van der Waals surface area contributed by atoms with E-state index in [2.05, 4.69) is 27.7 Å². The predicted molar refractivity (Wildman–Crippen MR) is 100 cm³/mol. The van der Waals surface area contributed by atoms with Crippen LogP contribution in [0.5, 0.6) is 0 Å². The Kier molecular flexibility index (Phi) is 11.3. The molecule has 0 radical (unpaired) electrons. The Morgan fingerprint density at radius 1 is 1.36 bits per heavy atom. The van der Waals surface area contributed by atoms with Crippen molar-refractivity contribution >= 4 is 29.9 Å². The van der Waals surface area contributed by atoms with Crippen LogP contribution in [0.25, 0.3) is 0 Å². The number of aryl methyl sites for hydroxylation is 2. The van der Waals surface area contributed by atoms with Gasteiger partial charge in [-0.1, -0.05) is 12.1 Å². The maximum atomic E-state index is 5.30. The van der Waals surface area contributed by atoms with Crippen molar-refractivity contribution < 1.29 is 9.26 Å². The average molecular weight is 424 g/mol. The second-order valence-electron chi connectivity index (χ2n) is 5.07. The highest BCUT2D eigenvalue weighted by Gasteiger charge is 2.16. The molecule has 0 saturated carbocycles. The van der Waals surface area contributed by atoms with Crippen LogP contribution < -0.4 is 10.6 Å². The molecule has 0 spiro atoms. The van der Waals surface area contributed by atoms with Crippen molar-refractivity contribution in [2.24, 2.45) is 4.99 Å². The molecular formula is C15H29IN4O2. The predicted octanol–water partition coefficient (Wildman–Crippen LogP) is 2.60. The molecule has 0 amide bonds. The number of hydrogen-bond acceptors (Lipinski definition) is 4. The monoisotopic (exact) mass is 424 g/mol. The van der Waals surface area contributed by atoms with E-state index >= 15 is 0 Å². The molecule has 0 aliphatic carbocycles. The molecule has 0 aromatic carbocycles. The molecule has 22 heavy (non-hydrogen) atoms. The largest absolute Gasteiger partial charge is 0.382 e. The van der Waals surface area contributed by atoms with E-state index in [4.69, 9.17) is 9.26 Å². The van der Waals surface area contributed by atoms with Crippen LogP contribution in [0.3, 0.4) is 0 Å². The van der Waals surface area contributed by atoms with Gasteiger partial charge in [-0.3, -0.25) is 4.99 Å². The Bertz CT molecular complexity index is 429. The minimum atomic E-state index is 0. The summed E-state index contributed by atoms with van der Waals surface area (Å²) in [4.78, 5) is 4.22. The lowest BCUT2D eigenvalue weighted by molar-refractivity contribution is 0.145. The molecule has 1 aromatic rings. The lowest BCUT2D eigenvalue weighted by atomic mass is 10.00. The Hall–Kier alpha value is -0.830. The molecule has 0 saturated heterocycles. The molecule has 7 heteroatoms. The summed E-state index contributed by atoms with van der Waals surface area (Å²) in [6.45, 7) is 11.3. The number of guanidine groups is 1. The second kappa shape index (κ2) is 11.7. The van der Waals surface area contributed by atoms with Crippen LogP contribution in [0.2, 0.25) is 0 Å². The number of halogens is 1. The molecule has 1 aromatic heterocycles. The maximum absolute atomic E-state index is 5.30. The summed E-state index contributed by atoms with van der Waals surface area (Å²) in [5.41, 5.74) is 2.13. The van der Waals surface area contributed by atoms with Crippen LogP contribution in [0.1, 0.15) is 43.2 Å². The maximum Gasteiger partial charge on any atom is 0.190 e. The summed E-state index contributed by atoms with van der Waals surface area (Å²) < 4.78 is 10.5. The molecular weight excluding hydrogens is 395 g/mol. The fourth-order valence-corrected chi connectivity index (χ4v) is 2.29. The zero-order valence-electron chi connectivity index (χ0n) is 14.2. The van der Waals surface area contributed by atoms with E-state index in [1.165, 1.54) is 5.56 Å². The van der Waals surface area contributed by atoms with Crippen LogP contribution in [0, 0.1) is 13.8 Å². The van der Waals surface area contributed by atoms with Gasteiger partial charge in [-0.15, -0.1) is 24.0 Å². The summed E-state index contributed by atoms with van der Waals surface area (Å²) in [5, 5.41) is 10.6. The van der Waals surface area contributed by atoms with Crippen molar-refractivity contribution in [3.8, 4) is 0 Å². The first-order chi connectivity index (χ1) is 10.1. The van der Waals surface area contributed by atoms with Gasteiger partial charge in [0.05, 0.1) is 5.69 Å². The second-order valence-corrected chi connectivity index (χ2v) is 5.07. The quantitative estimate of drug-likeness (QED) is 0.291. The van der Waals surface area contributed by atoms with Gasteiger partial charge >= 0.3 is 0 Å². The van der Waals surface area contributed by atoms with Gasteiger partial charge in [0.2, 0.25) is 0 Å². The van der Waals surface area contributed by atoms with Gasteiger partial charge in [0, 0.05) is 44.8 Å². The summed E-state index contributed by atoms with van der Waals surface area (Å²) in [7, 11) is 1.78. The molecule has 0 aliphatic rings. The fraction of sp³-hybridized carbons (Fsp3) is 0.733. The normalized spacial score (nSPS) is 12.7. The lowest BCUT2D eigenvalue weighted by Gasteiger charge is -2.16. The molecule has 0 aliphatic heterocycles. The highest BCUT2D eigenvalue weighted by atomic mass is 127. The van der Waals surface area contributed by atoms with Crippen molar-refractivity contribution in [1.29, 1.82) is 0 Å². The zero-order chi connectivity index (χ0) is 15.7.